The van der Waals surface area contributed by atoms with E-state index in [4.69, 9.17) is 0 Å². The molecule has 1 atom stereocenters. The van der Waals surface area contributed by atoms with Crippen LogP contribution in [-0.4, -0.2) is 23.3 Å². The van der Waals surface area contributed by atoms with E-state index in [1.807, 2.05) is 0 Å². The Morgan fingerprint density at radius 3 is 1.44 bits per heavy atom. The fraction of sp³-hybridized carbons (Fsp3) is 1.00. The Morgan fingerprint density at radius 2 is 1.38 bits per heavy atom. The van der Waals surface area contributed by atoms with Crippen molar-refractivity contribution in [2.75, 3.05) is 12.3 Å². The van der Waals surface area contributed by atoms with Crippen LogP contribution in [0.2, 0.25) is 0 Å². The maximum absolute atomic E-state index is 11.5. The minimum absolute atomic E-state index is 0.0489. The summed E-state index contributed by atoms with van der Waals surface area (Å²) in [6.45, 7) is 18.0. The zero-order valence-electron chi connectivity index (χ0n) is 12.4. The van der Waals surface area contributed by atoms with Crippen molar-refractivity contribution in [3.8, 4) is 0 Å². The van der Waals surface area contributed by atoms with Gasteiger partial charge < -0.3 is 0 Å². The molecule has 1 unspecified atom stereocenters. The Bertz CT molecular complexity index is 211. The summed E-state index contributed by atoms with van der Waals surface area (Å²) in [7, 11) is -1.63. The molecule has 0 heterocycles. The van der Waals surface area contributed by atoms with Gasteiger partial charge in [0.15, 0.2) is 0 Å². The molecule has 0 aliphatic carbocycles. The van der Waals surface area contributed by atoms with Gasteiger partial charge in [0.05, 0.1) is 0 Å². The van der Waals surface area contributed by atoms with Crippen LogP contribution in [0, 0.1) is 5.41 Å². The van der Waals surface area contributed by atoms with E-state index in [0.29, 0.717) is 0 Å². The van der Waals surface area contributed by atoms with Crippen molar-refractivity contribution in [3.05, 3.63) is 0 Å². The summed E-state index contributed by atoms with van der Waals surface area (Å²) in [4.78, 5) is 0. The van der Waals surface area contributed by atoms with E-state index >= 15 is 0 Å². The van der Waals surface area contributed by atoms with Gasteiger partial charge in [0, 0.05) is 0 Å². The van der Waals surface area contributed by atoms with Crippen LogP contribution < -0.4 is 5.48 Å². The summed E-state index contributed by atoms with van der Waals surface area (Å²) in [6.07, 6.45) is 2.34. The van der Waals surface area contributed by atoms with Crippen molar-refractivity contribution >= 4 is 7.26 Å². The van der Waals surface area contributed by atoms with Crippen LogP contribution >= 0.6 is 7.26 Å². The van der Waals surface area contributed by atoms with E-state index in [1.165, 1.54) is 12.3 Å². The molecular formula is C13H31NOP. The summed E-state index contributed by atoms with van der Waals surface area (Å²) in [5, 5.41) is 11.7. The second kappa shape index (κ2) is 5.33. The van der Waals surface area contributed by atoms with Crippen LogP contribution in [0.15, 0.2) is 0 Å². The Kier molecular flexibility index (Phi) is 5.45. The van der Waals surface area contributed by atoms with Crippen LogP contribution in [0.3, 0.4) is 0 Å². The van der Waals surface area contributed by atoms with Gasteiger partial charge in [-0.25, -0.2) is 0 Å². The van der Waals surface area contributed by atoms with Gasteiger partial charge in [-0.1, -0.05) is 0 Å². The van der Waals surface area contributed by atoms with Gasteiger partial charge in [0.25, 0.3) is 0 Å². The molecule has 1 radical (unpaired) electrons. The van der Waals surface area contributed by atoms with E-state index in [0.717, 1.165) is 0 Å². The van der Waals surface area contributed by atoms with Gasteiger partial charge in [0.2, 0.25) is 0 Å². The predicted octanol–water partition coefficient (Wildman–Crippen LogP) is 3.88. The normalized spacial score (nSPS) is 17.3. The van der Waals surface area contributed by atoms with Gasteiger partial charge in [-0.15, -0.1) is 0 Å². The van der Waals surface area contributed by atoms with Gasteiger partial charge >= 0.3 is 102 Å². The van der Waals surface area contributed by atoms with E-state index in [2.05, 4.69) is 60.9 Å². The molecule has 16 heavy (non-hydrogen) atoms. The fourth-order valence-corrected chi connectivity index (χ4v) is 9.46. The standard InChI is InChI=1S/C13H31NOP/c1-9-16(10-2,13(6,7)8)11(14-15)12(3,4)5/h11,14,16H,9-10H2,1-8H3. The topological polar surface area (TPSA) is 31.9 Å². The van der Waals surface area contributed by atoms with Gasteiger partial charge in [-0.05, 0) is 0 Å². The van der Waals surface area contributed by atoms with Gasteiger partial charge in [0.1, 0.15) is 0 Å². The maximum atomic E-state index is 11.5. The summed E-state index contributed by atoms with van der Waals surface area (Å²) in [5.41, 5.74) is 2.45. The van der Waals surface area contributed by atoms with Crippen LogP contribution in [0.5, 0.6) is 0 Å². The van der Waals surface area contributed by atoms with Crippen molar-refractivity contribution in [1.82, 2.24) is 5.48 Å². The summed E-state index contributed by atoms with van der Waals surface area (Å²) < 4.78 is 0. The van der Waals surface area contributed by atoms with E-state index in [1.54, 1.807) is 0 Å². The molecule has 0 aliphatic heterocycles. The van der Waals surface area contributed by atoms with Gasteiger partial charge in [-0.2, -0.15) is 0 Å². The van der Waals surface area contributed by atoms with E-state index in [-0.39, 0.29) is 16.4 Å². The molecule has 2 nitrogen and oxygen atoms in total. The van der Waals surface area contributed by atoms with Crippen LogP contribution in [0.25, 0.3) is 0 Å². The molecule has 99 valence electrons. The van der Waals surface area contributed by atoms with Gasteiger partial charge in [-0.3, -0.25) is 0 Å². The van der Waals surface area contributed by atoms with Crippen LogP contribution in [0.1, 0.15) is 55.4 Å². The zero-order valence-corrected chi connectivity index (χ0v) is 13.4. The minimum atomic E-state index is -1.63. The monoisotopic (exact) mass is 248 g/mol. The third-order valence-electron chi connectivity index (χ3n) is 4.29. The quantitative estimate of drug-likeness (QED) is 0.594. The molecule has 0 amide bonds. The summed E-state index contributed by atoms with van der Waals surface area (Å²) in [6, 6.07) is 0. The van der Waals surface area contributed by atoms with Crippen molar-refractivity contribution in [2.45, 2.75) is 66.3 Å². The fourth-order valence-electron chi connectivity index (χ4n) is 3.27. The van der Waals surface area contributed by atoms with Crippen molar-refractivity contribution in [3.63, 3.8) is 0 Å². The number of nitrogens with one attached hydrogen (secondary N) is 1. The average molecular weight is 248 g/mol. The first-order chi connectivity index (χ1) is 7.06. The Hall–Kier alpha value is 0.350. The first-order valence-electron chi connectivity index (χ1n) is 6.44. The van der Waals surface area contributed by atoms with E-state index < -0.39 is 7.26 Å². The summed E-state index contributed by atoms with van der Waals surface area (Å²) >= 11 is 0. The molecule has 0 aliphatic rings. The SMILES string of the molecule is CC[PH](CC)(C(N[O])C(C)(C)C)C(C)(C)C. The molecule has 0 saturated carbocycles. The Labute approximate surface area is 103 Å². The molecule has 0 fully saturated rings. The number of hydrogen-bond donors (Lipinski definition) is 1. The zero-order chi connectivity index (χ0) is 13.2. The molecule has 0 bridgehead atoms. The third kappa shape index (κ3) is 2.97. The second-order valence-corrected chi connectivity index (χ2v) is 12.8. The molecule has 0 aromatic rings. The predicted molar refractivity (Wildman–Crippen MR) is 76.2 cm³/mol. The molecule has 3 heteroatoms. The van der Waals surface area contributed by atoms with Crippen LogP contribution in [0.4, 0.5) is 0 Å². The molecular weight excluding hydrogens is 217 g/mol. The average Bonchev–Trinajstić information content (AvgIpc) is 2.09. The first kappa shape index (κ1) is 16.4. The number of hydroxylamine groups is 1. The molecule has 0 saturated heterocycles. The van der Waals surface area contributed by atoms with Crippen molar-refractivity contribution in [1.29, 1.82) is 0 Å². The first-order valence-corrected chi connectivity index (χ1v) is 8.93. The summed E-state index contributed by atoms with van der Waals surface area (Å²) in [5.74, 6) is 0.134. The molecule has 0 aromatic carbocycles. The Balaban J connectivity index is 5.49. The molecule has 0 aromatic heterocycles. The van der Waals surface area contributed by atoms with Crippen molar-refractivity contribution in [2.24, 2.45) is 5.41 Å². The van der Waals surface area contributed by atoms with E-state index in [9.17, 15) is 5.21 Å². The second-order valence-electron chi connectivity index (χ2n) is 7.03. The molecule has 0 spiro atoms. The molecule has 1 N–H and O–H groups in total. The molecule has 0 rings (SSSR count). The number of hydrogen-bond acceptors (Lipinski definition) is 1. The third-order valence-corrected chi connectivity index (χ3v) is 11.9. The van der Waals surface area contributed by atoms with Crippen molar-refractivity contribution < 1.29 is 5.21 Å². The number of rotatable bonds is 4. The van der Waals surface area contributed by atoms with Crippen LogP contribution in [-0.2, 0) is 5.21 Å². The Morgan fingerprint density at radius 1 is 1.00 bits per heavy atom.